The van der Waals surface area contributed by atoms with Gasteiger partial charge in [-0.3, -0.25) is 0 Å². The molecule has 1 heterocycles. The number of halogens is 1. The lowest BCUT2D eigenvalue weighted by Gasteiger charge is -2.03. The monoisotopic (exact) mass is 273 g/mol. The Morgan fingerprint density at radius 3 is 2.65 bits per heavy atom. The molecule has 0 spiro atoms. The molecule has 0 aliphatic carbocycles. The lowest BCUT2D eigenvalue weighted by molar-refractivity contribution is 0.480. The minimum absolute atomic E-state index is 0.134. The lowest BCUT2D eigenvalue weighted by atomic mass is 10.1. The number of oxazole rings is 1. The second kappa shape index (κ2) is 6.20. The summed E-state index contributed by atoms with van der Waals surface area (Å²) in [5.74, 6) is 0.837. The third kappa shape index (κ3) is 3.35. The van der Waals surface area contributed by atoms with E-state index in [-0.39, 0.29) is 17.4 Å². The Morgan fingerprint density at radius 2 is 2.05 bits per heavy atom. The van der Waals surface area contributed by atoms with Crippen LogP contribution in [0, 0.1) is 17.1 Å². The van der Waals surface area contributed by atoms with Gasteiger partial charge in [-0.2, -0.15) is 5.26 Å². The molecule has 0 aliphatic heterocycles. The van der Waals surface area contributed by atoms with Crippen LogP contribution in [0.2, 0.25) is 0 Å². The highest BCUT2D eigenvalue weighted by atomic mass is 19.1. The third-order valence-corrected chi connectivity index (χ3v) is 2.86. The molecule has 0 saturated carbocycles. The second-order valence-corrected chi connectivity index (χ2v) is 4.80. The van der Waals surface area contributed by atoms with Crippen molar-refractivity contribution < 1.29 is 8.81 Å². The first-order valence-corrected chi connectivity index (χ1v) is 6.49. The summed E-state index contributed by atoms with van der Waals surface area (Å²) in [4.78, 5) is 4.13. The SMILES string of the molecule is CC(C)c1nc(C#N)c(NCCc2ccc(F)cc2)o1. The number of hydrogen-bond acceptors (Lipinski definition) is 4. The van der Waals surface area contributed by atoms with Crippen molar-refractivity contribution in [1.82, 2.24) is 4.98 Å². The Morgan fingerprint density at radius 1 is 1.35 bits per heavy atom. The summed E-state index contributed by atoms with van der Waals surface area (Å²) >= 11 is 0. The maximum absolute atomic E-state index is 12.8. The highest BCUT2D eigenvalue weighted by Crippen LogP contribution is 2.22. The van der Waals surface area contributed by atoms with Crippen LogP contribution >= 0.6 is 0 Å². The van der Waals surface area contributed by atoms with Crippen LogP contribution in [-0.4, -0.2) is 11.5 Å². The van der Waals surface area contributed by atoms with Crippen LogP contribution in [0.1, 0.15) is 36.9 Å². The Balaban J connectivity index is 1.97. The van der Waals surface area contributed by atoms with E-state index in [1.54, 1.807) is 12.1 Å². The lowest BCUT2D eigenvalue weighted by Crippen LogP contribution is -2.05. The standard InChI is InChI=1S/C15H16FN3O/c1-10(2)14-19-13(9-17)15(20-14)18-8-7-11-3-5-12(16)6-4-11/h3-6,10,18H,7-8H2,1-2H3. The van der Waals surface area contributed by atoms with E-state index in [0.717, 1.165) is 5.56 Å². The summed E-state index contributed by atoms with van der Waals surface area (Å²) < 4.78 is 18.3. The van der Waals surface area contributed by atoms with Crippen molar-refractivity contribution in [3.63, 3.8) is 0 Å². The molecule has 0 fully saturated rings. The van der Waals surface area contributed by atoms with E-state index < -0.39 is 0 Å². The number of nitrogens with zero attached hydrogens (tertiary/aromatic N) is 2. The molecular formula is C15H16FN3O. The summed E-state index contributed by atoms with van der Waals surface area (Å²) in [5, 5.41) is 12.1. The Labute approximate surface area is 117 Å². The minimum Gasteiger partial charge on any atom is -0.424 e. The van der Waals surface area contributed by atoms with Crippen LogP contribution in [0.25, 0.3) is 0 Å². The number of nitrogens with one attached hydrogen (secondary N) is 1. The van der Waals surface area contributed by atoms with Crippen molar-refractivity contribution in [1.29, 1.82) is 5.26 Å². The van der Waals surface area contributed by atoms with Crippen molar-refractivity contribution in [2.45, 2.75) is 26.2 Å². The molecule has 0 radical (unpaired) electrons. The van der Waals surface area contributed by atoms with Crippen molar-refractivity contribution >= 4 is 5.88 Å². The van der Waals surface area contributed by atoms with Gasteiger partial charge in [0.1, 0.15) is 11.9 Å². The number of rotatable bonds is 5. The molecule has 1 aromatic carbocycles. The average Bonchev–Trinajstić information content (AvgIpc) is 2.84. The molecule has 1 aromatic heterocycles. The van der Waals surface area contributed by atoms with Gasteiger partial charge >= 0.3 is 0 Å². The molecule has 0 aliphatic rings. The fourth-order valence-electron chi connectivity index (χ4n) is 1.75. The zero-order valence-corrected chi connectivity index (χ0v) is 11.5. The highest BCUT2D eigenvalue weighted by Gasteiger charge is 2.14. The van der Waals surface area contributed by atoms with Gasteiger partial charge < -0.3 is 9.73 Å². The summed E-state index contributed by atoms with van der Waals surface area (Å²) in [5.41, 5.74) is 1.29. The molecule has 20 heavy (non-hydrogen) atoms. The van der Waals surface area contributed by atoms with Crippen LogP contribution in [0.3, 0.4) is 0 Å². The van der Waals surface area contributed by atoms with Crippen LogP contribution in [0.15, 0.2) is 28.7 Å². The van der Waals surface area contributed by atoms with Gasteiger partial charge in [-0.05, 0) is 24.1 Å². The molecule has 0 atom stereocenters. The zero-order valence-electron chi connectivity index (χ0n) is 11.5. The molecule has 4 nitrogen and oxygen atoms in total. The fourth-order valence-corrected chi connectivity index (χ4v) is 1.75. The summed E-state index contributed by atoms with van der Waals surface area (Å²) in [7, 11) is 0. The normalized spacial score (nSPS) is 10.6. The number of hydrogen-bond donors (Lipinski definition) is 1. The van der Waals surface area contributed by atoms with Crippen molar-refractivity contribution in [2.75, 3.05) is 11.9 Å². The molecule has 0 amide bonds. The zero-order chi connectivity index (χ0) is 14.5. The molecule has 0 unspecified atom stereocenters. The van der Waals surface area contributed by atoms with E-state index in [2.05, 4.69) is 10.3 Å². The largest absolute Gasteiger partial charge is 0.424 e. The van der Waals surface area contributed by atoms with E-state index >= 15 is 0 Å². The third-order valence-electron chi connectivity index (χ3n) is 2.86. The van der Waals surface area contributed by atoms with E-state index in [1.807, 2.05) is 19.9 Å². The molecule has 5 heteroatoms. The molecule has 104 valence electrons. The molecule has 2 rings (SSSR count). The van der Waals surface area contributed by atoms with Crippen LogP contribution in [0.4, 0.5) is 10.3 Å². The van der Waals surface area contributed by atoms with Crippen LogP contribution in [-0.2, 0) is 6.42 Å². The van der Waals surface area contributed by atoms with Crippen LogP contribution < -0.4 is 5.32 Å². The van der Waals surface area contributed by atoms with Crippen molar-refractivity contribution in [2.24, 2.45) is 0 Å². The predicted octanol–water partition coefficient (Wildman–Crippen LogP) is 3.46. The summed E-state index contributed by atoms with van der Waals surface area (Å²) in [6, 6.07) is 8.35. The number of aromatic nitrogens is 1. The highest BCUT2D eigenvalue weighted by molar-refractivity contribution is 5.45. The van der Waals surface area contributed by atoms with E-state index in [1.165, 1.54) is 12.1 Å². The number of benzene rings is 1. The number of nitriles is 1. The minimum atomic E-state index is -0.245. The molecule has 0 bridgehead atoms. The fraction of sp³-hybridized carbons (Fsp3) is 0.333. The predicted molar refractivity (Wildman–Crippen MR) is 73.9 cm³/mol. The molecular weight excluding hydrogens is 257 g/mol. The Bertz CT molecular complexity index is 611. The smallest absolute Gasteiger partial charge is 0.232 e. The van der Waals surface area contributed by atoms with E-state index in [0.29, 0.717) is 24.7 Å². The molecule has 0 saturated heterocycles. The maximum Gasteiger partial charge on any atom is 0.232 e. The van der Waals surface area contributed by atoms with Gasteiger partial charge in [-0.25, -0.2) is 9.37 Å². The Hall–Kier alpha value is -2.35. The quantitative estimate of drug-likeness (QED) is 0.906. The second-order valence-electron chi connectivity index (χ2n) is 4.80. The summed E-state index contributed by atoms with van der Waals surface area (Å²) in [6.07, 6.45) is 0.711. The maximum atomic E-state index is 12.8. The Kier molecular flexibility index (Phi) is 4.36. The van der Waals surface area contributed by atoms with Gasteiger partial charge in [0, 0.05) is 12.5 Å². The van der Waals surface area contributed by atoms with E-state index in [4.69, 9.17) is 9.68 Å². The molecule has 1 N–H and O–H groups in total. The van der Waals surface area contributed by atoms with Gasteiger partial charge in [0.25, 0.3) is 0 Å². The van der Waals surface area contributed by atoms with Crippen molar-refractivity contribution in [3.05, 3.63) is 47.2 Å². The van der Waals surface area contributed by atoms with E-state index in [9.17, 15) is 4.39 Å². The van der Waals surface area contributed by atoms with Crippen molar-refractivity contribution in [3.8, 4) is 6.07 Å². The molecule has 2 aromatic rings. The first-order chi connectivity index (χ1) is 9.60. The van der Waals surface area contributed by atoms with Crippen LogP contribution in [0.5, 0.6) is 0 Å². The van der Waals surface area contributed by atoms with Gasteiger partial charge in [0.05, 0.1) is 0 Å². The van der Waals surface area contributed by atoms with Gasteiger partial charge in [0.15, 0.2) is 0 Å². The van der Waals surface area contributed by atoms with Gasteiger partial charge in [-0.1, -0.05) is 26.0 Å². The van der Waals surface area contributed by atoms with Gasteiger partial charge in [-0.15, -0.1) is 0 Å². The topological polar surface area (TPSA) is 61.9 Å². The summed E-state index contributed by atoms with van der Waals surface area (Å²) in [6.45, 7) is 4.50. The number of anilines is 1. The van der Waals surface area contributed by atoms with Gasteiger partial charge in [0.2, 0.25) is 17.5 Å². The average molecular weight is 273 g/mol. The first-order valence-electron chi connectivity index (χ1n) is 6.49. The first kappa shape index (κ1) is 14.1.